The monoisotopic (exact) mass is 218 g/mol. The van der Waals surface area contributed by atoms with Gasteiger partial charge in [0.1, 0.15) is 6.10 Å². The van der Waals surface area contributed by atoms with Crippen LogP contribution in [0.2, 0.25) is 0 Å². The van der Waals surface area contributed by atoms with E-state index in [-0.39, 0.29) is 0 Å². The van der Waals surface area contributed by atoms with Crippen molar-refractivity contribution in [2.24, 2.45) is 0 Å². The summed E-state index contributed by atoms with van der Waals surface area (Å²) in [6, 6.07) is 0. The number of carbonyl (C=O) groups is 1. The van der Waals surface area contributed by atoms with Crippen LogP contribution in [0, 0.1) is 0 Å². The predicted octanol–water partition coefficient (Wildman–Crippen LogP) is 0.584. The maximum absolute atomic E-state index is 12.3. The summed E-state index contributed by atoms with van der Waals surface area (Å²) in [5.74, 6) is -2.35. The number of rotatable bonds is 3. The van der Waals surface area contributed by atoms with E-state index in [1.807, 2.05) is 0 Å². The summed E-state index contributed by atoms with van der Waals surface area (Å²) in [6.07, 6.45) is 0.0996. The van der Waals surface area contributed by atoms with Crippen LogP contribution in [0.1, 0.15) is 12.8 Å². The number of esters is 1. The maximum Gasteiger partial charge on any atom is 0.470 e. The van der Waals surface area contributed by atoms with Gasteiger partial charge in [0.15, 0.2) is 0 Å². The second-order valence-electron chi connectivity index (χ2n) is 2.56. The Labute approximate surface area is 71.9 Å². The molecule has 0 amide bonds. The van der Waals surface area contributed by atoms with Gasteiger partial charge in [-0.15, -0.1) is 0 Å². The highest BCUT2D eigenvalue weighted by molar-refractivity contribution is 7.88. The molecule has 0 radical (unpaired) electrons. The third-order valence-electron chi connectivity index (χ3n) is 1.34. The van der Waals surface area contributed by atoms with Gasteiger partial charge in [-0.2, -0.15) is 17.2 Å². The zero-order chi connectivity index (χ0) is 10.3. The molecule has 76 valence electrons. The predicted molar refractivity (Wildman–Crippen MR) is 34.1 cm³/mol. The van der Waals surface area contributed by atoms with Crippen LogP contribution < -0.4 is 0 Å². The fourth-order valence-electron chi connectivity index (χ4n) is 0.505. The fraction of sp³-hybridized carbons (Fsp3) is 0.800. The van der Waals surface area contributed by atoms with Gasteiger partial charge >= 0.3 is 21.4 Å². The van der Waals surface area contributed by atoms with Crippen molar-refractivity contribution < 1.29 is 30.6 Å². The van der Waals surface area contributed by atoms with Gasteiger partial charge in [0, 0.05) is 0 Å². The Morgan fingerprint density at radius 1 is 1.38 bits per heavy atom. The second kappa shape index (κ2) is 2.86. The molecule has 0 aliphatic heterocycles. The summed E-state index contributed by atoms with van der Waals surface area (Å²) >= 11 is 0. The Kier molecular flexibility index (Phi) is 2.27. The maximum atomic E-state index is 12.3. The molecule has 0 spiro atoms. The number of carbonyl (C=O) groups excluding carboxylic acids is 1. The van der Waals surface area contributed by atoms with Gasteiger partial charge < -0.3 is 4.74 Å². The minimum atomic E-state index is -6.23. The van der Waals surface area contributed by atoms with E-state index in [9.17, 15) is 25.9 Å². The summed E-state index contributed by atoms with van der Waals surface area (Å²) < 4.78 is 59.9. The lowest BCUT2D eigenvalue weighted by Crippen LogP contribution is -2.37. The fourth-order valence-corrected chi connectivity index (χ4v) is 0.753. The van der Waals surface area contributed by atoms with Crippen LogP contribution in [-0.2, 0) is 19.8 Å². The molecule has 8 heteroatoms. The van der Waals surface area contributed by atoms with Crippen LogP contribution >= 0.6 is 0 Å². The van der Waals surface area contributed by atoms with Gasteiger partial charge in [0.2, 0.25) is 0 Å². The molecule has 0 N–H and O–H groups in total. The average molecular weight is 218 g/mol. The van der Waals surface area contributed by atoms with Gasteiger partial charge in [0.05, 0.1) is 0 Å². The van der Waals surface area contributed by atoms with Crippen molar-refractivity contribution in [1.29, 1.82) is 0 Å². The van der Waals surface area contributed by atoms with Crippen molar-refractivity contribution in [3.63, 3.8) is 0 Å². The Morgan fingerprint density at radius 3 is 2.15 bits per heavy atom. The van der Waals surface area contributed by atoms with E-state index < -0.39 is 27.6 Å². The first kappa shape index (κ1) is 10.3. The SMILES string of the molecule is O=C(OC1CC1)C(F)(F)S(=O)(=O)F. The summed E-state index contributed by atoms with van der Waals surface area (Å²) in [5, 5.41) is -5.09. The number of ether oxygens (including phenoxy) is 1. The van der Waals surface area contributed by atoms with Crippen LogP contribution in [0.3, 0.4) is 0 Å². The lowest BCUT2D eigenvalue weighted by atomic mass is 10.7. The largest absolute Gasteiger partial charge is 0.470 e. The number of hydrogen-bond acceptors (Lipinski definition) is 4. The summed E-state index contributed by atoms with van der Waals surface area (Å²) in [7, 11) is -6.23. The summed E-state index contributed by atoms with van der Waals surface area (Å²) in [6.45, 7) is 0. The molecule has 0 atom stereocenters. The van der Waals surface area contributed by atoms with Gasteiger partial charge in [0.25, 0.3) is 0 Å². The minimum Gasteiger partial charge on any atom is -0.457 e. The lowest BCUT2D eigenvalue weighted by molar-refractivity contribution is -0.162. The molecular weight excluding hydrogens is 213 g/mol. The van der Waals surface area contributed by atoms with Gasteiger partial charge in [-0.25, -0.2) is 4.79 Å². The van der Waals surface area contributed by atoms with E-state index in [1.54, 1.807) is 0 Å². The second-order valence-corrected chi connectivity index (χ2v) is 3.95. The molecule has 0 aromatic carbocycles. The van der Waals surface area contributed by atoms with E-state index in [0.717, 1.165) is 0 Å². The lowest BCUT2D eigenvalue weighted by Gasteiger charge is -2.09. The molecule has 0 aromatic heterocycles. The average Bonchev–Trinajstić information content (AvgIpc) is 2.68. The van der Waals surface area contributed by atoms with Crippen molar-refractivity contribution >= 4 is 16.2 Å². The molecule has 0 saturated heterocycles. The minimum absolute atomic E-state index is 0.397. The van der Waals surface area contributed by atoms with Crippen molar-refractivity contribution in [2.45, 2.75) is 24.2 Å². The molecule has 1 saturated carbocycles. The summed E-state index contributed by atoms with van der Waals surface area (Å²) in [4.78, 5) is 10.4. The Bertz CT molecular complexity index is 319. The molecule has 1 rings (SSSR count). The van der Waals surface area contributed by atoms with Gasteiger partial charge in [-0.3, -0.25) is 0 Å². The Morgan fingerprint density at radius 2 is 1.85 bits per heavy atom. The molecule has 1 aliphatic carbocycles. The molecule has 0 aromatic rings. The van der Waals surface area contributed by atoms with E-state index in [0.29, 0.717) is 12.8 Å². The molecule has 4 nitrogen and oxygen atoms in total. The van der Waals surface area contributed by atoms with E-state index >= 15 is 0 Å². The Hall–Kier alpha value is -0.790. The van der Waals surface area contributed by atoms with Crippen molar-refractivity contribution in [3.8, 4) is 0 Å². The van der Waals surface area contributed by atoms with Crippen molar-refractivity contribution in [3.05, 3.63) is 0 Å². The van der Waals surface area contributed by atoms with Crippen molar-refractivity contribution in [1.82, 2.24) is 0 Å². The highest BCUT2D eigenvalue weighted by Crippen LogP contribution is 2.30. The van der Waals surface area contributed by atoms with E-state index in [4.69, 9.17) is 0 Å². The molecule has 1 aliphatic rings. The standard InChI is InChI=1S/C5H5F3O4S/c6-5(7,13(8,10)11)4(9)12-3-1-2-3/h3H,1-2H2. The van der Waals surface area contributed by atoms with E-state index in [2.05, 4.69) is 4.74 Å². The first-order chi connectivity index (χ1) is 5.75. The smallest absolute Gasteiger partial charge is 0.457 e. The van der Waals surface area contributed by atoms with Gasteiger partial charge in [-0.05, 0) is 12.8 Å². The van der Waals surface area contributed by atoms with Crippen molar-refractivity contribution in [2.75, 3.05) is 0 Å². The number of halogens is 3. The van der Waals surface area contributed by atoms with Crippen LogP contribution in [0.25, 0.3) is 0 Å². The first-order valence-corrected chi connectivity index (χ1v) is 4.66. The first-order valence-electron chi connectivity index (χ1n) is 3.28. The quantitative estimate of drug-likeness (QED) is 0.513. The number of alkyl halides is 2. The molecule has 13 heavy (non-hydrogen) atoms. The molecule has 0 bridgehead atoms. The highest BCUT2D eigenvalue weighted by atomic mass is 32.3. The highest BCUT2D eigenvalue weighted by Gasteiger charge is 2.56. The van der Waals surface area contributed by atoms with Crippen LogP contribution in [-0.4, -0.2) is 25.7 Å². The molecule has 0 heterocycles. The van der Waals surface area contributed by atoms with E-state index in [1.165, 1.54) is 0 Å². The van der Waals surface area contributed by atoms with Crippen LogP contribution in [0.5, 0.6) is 0 Å². The molecule has 0 unspecified atom stereocenters. The van der Waals surface area contributed by atoms with Gasteiger partial charge in [-0.1, -0.05) is 3.89 Å². The van der Waals surface area contributed by atoms with Crippen LogP contribution in [0.4, 0.5) is 12.7 Å². The Balaban J connectivity index is 2.72. The third-order valence-corrected chi connectivity index (χ3v) is 2.12. The molecule has 1 fully saturated rings. The normalized spacial score (nSPS) is 18.4. The summed E-state index contributed by atoms with van der Waals surface area (Å²) in [5.41, 5.74) is 0. The third kappa shape index (κ3) is 2.11. The number of hydrogen-bond donors (Lipinski definition) is 0. The zero-order valence-corrected chi connectivity index (χ0v) is 6.98. The molecular formula is C5H5F3O4S. The van der Waals surface area contributed by atoms with Crippen LogP contribution in [0.15, 0.2) is 0 Å². The topological polar surface area (TPSA) is 60.4 Å². The zero-order valence-electron chi connectivity index (χ0n) is 6.17.